The van der Waals surface area contributed by atoms with Gasteiger partial charge in [0.25, 0.3) is 5.56 Å². The quantitative estimate of drug-likeness (QED) is 0.833. The first-order chi connectivity index (χ1) is 9.73. The lowest BCUT2D eigenvalue weighted by Gasteiger charge is -2.31. The minimum Gasteiger partial charge on any atom is -0.326 e. The molecule has 0 amide bonds. The number of aromatic amines is 1. The van der Waals surface area contributed by atoms with Crippen molar-refractivity contribution in [2.24, 2.45) is 5.92 Å². The lowest BCUT2D eigenvalue weighted by Crippen LogP contribution is -2.42. The highest BCUT2D eigenvalue weighted by atomic mass is 35.5. The minimum absolute atomic E-state index is 0.0275. The zero-order valence-corrected chi connectivity index (χ0v) is 14.5. The van der Waals surface area contributed by atoms with Crippen LogP contribution in [-0.2, 0) is 10.0 Å². The van der Waals surface area contributed by atoms with E-state index in [9.17, 15) is 13.2 Å². The summed E-state index contributed by atoms with van der Waals surface area (Å²) in [5.74, 6) is 0.207. The summed E-state index contributed by atoms with van der Waals surface area (Å²) in [7, 11) is -3.68. The van der Waals surface area contributed by atoms with E-state index < -0.39 is 15.6 Å². The third-order valence-electron chi connectivity index (χ3n) is 3.33. The van der Waals surface area contributed by atoms with Gasteiger partial charge in [-0.05, 0) is 24.8 Å². The molecule has 0 aliphatic rings. The van der Waals surface area contributed by atoms with Crippen LogP contribution < -0.4 is 5.56 Å². The molecule has 1 heterocycles. The van der Waals surface area contributed by atoms with Gasteiger partial charge in [-0.25, -0.2) is 8.42 Å². The Morgan fingerprint density at radius 1 is 1.29 bits per heavy atom. The zero-order valence-electron chi connectivity index (χ0n) is 12.9. The smallest absolute Gasteiger partial charge is 0.266 e. The predicted octanol–water partition coefficient (Wildman–Crippen LogP) is 2.86. The molecule has 0 aliphatic carbocycles. The van der Waals surface area contributed by atoms with Crippen LogP contribution in [0.25, 0.3) is 0 Å². The van der Waals surface area contributed by atoms with E-state index in [4.69, 9.17) is 11.6 Å². The van der Waals surface area contributed by atoms with Crippen molar-refractivity contribution in [3.8, 4) is 0 Å². The Labute approximate surface area is 131 Å². The number of nitrogens with zero attached hydrogens (tertiary/aromatic N) is 1. The summed E-state index contributed by atoms with van der Waals surface area (Å²) in [6.07, 6.45) is 2.68. The maximum atomic E-state index is 12.8. The van der Waals surface area contributed by atoms with Gasteiger partial charge in [-0.3, -0.25) is 4.79 Å². The number of hydrogen-bond donors (Lipinski definition) is 1. The molecule has 0 saturated carbocycles. The molecule has 0 atom stereocenters. The van der Waals surface area contributed by atoms with Gasteiger partial charge in [0.05, 0.1) is 4.90 Å². The molecular weight excluding hydrogens is 312 g/mol. The molecule has 1 aromatic heterocycles. The van der Waals surface area contributed by atoms with Gasteiger partial charge in [-0.15, -0.1) is 0 Å². The lowest BCUT2D eigenvalue weighted by atomic mass is 10.1. The van der Waals surface area contributed by atoms with E-state index in [1.807, 2.05) is 27.7 Å². The number of pyridine rings is 1. The highest BCUT2D eigenvalue weighted by Crippen LogP contribution is 2.23. The molecule has 0 aliphatic heterocycles. The van der Waals surface area contributed by atoms with Crippen molar-refractivity contribution in [1.29, 1.82) is 0 Å². The first kappa shape index (κ1) is 18.2. The van der Waals surface area contributed by atoms with Crippen LogP contribution in [0.15, 0.2) is 22.0 Å². The van der Waals surface area contributed by atoms with E-state index in [-0.39, 0.29) is 21.9 Å². The molecule has 7 heteroatoms. The molecule has 5 nitrogen and oxygen atoms in total. The summed E-state index contributed by atoms with van der Waals surface area (Å²) in [5.41, 5.74) is -0.492. The Balaban J connectivity index is 3.31. The van der Waals surface area contributed by atoms with E-state index in [0.29, 0.717) is 6.54 Å². The molecule has 0 bridgehead atoms. The van der Waals surface area contributed by atoms with Crippen LogP contribution in [0.5, 0.6) is 0 Å². The summed E-state index contributed by atoms with van der Waals surface area (Å²) < 4.78 is 27.2. The van der Waals surface area contributed by atoms with Crippen molar-refractivity contribution >= 4 is 21.6 Å². The third-order valence-corrected chi connectivity index (χ3v) is 5.51. The lowest BCUT2D eigenvalue weighted by molar-refractivity contribution is 0.277. The van der Waals surface area contributed by atoms with Gasteiger partial charge in [0.1, 0.15) is 5.02 Å². The van der Waals surface area contributed by atoms with Gasteiger partial charge in [0.2, 0.25) is 10.0 Å². The van der Waals surface area contributed by atoms with Crippen molar-refractivity contribution in [3.05, 3.63) is 27.6 Å². The van der Waals surface area contributed by atoms with Gasteiger partial charge in [0, 0.05) is 18.8 Å². The summed E-state index contributed by atoms with van der Waals surface area (Å²) in [6.45, 7) is 8.33. The number of sulfonamides is 1. The van der Waals surface area contributed by atoms with Crippen LogP contribution >= 0.6 is 11.6 Å². The summed E-state index contributed by atoms with van der Waals surface area (Å²) in [6, 6.07) is 1.15. The number of nitrogens with one attached hydrogen (secondary N) is 1. The second-order valence-corrected chi connectivity index (χ2v) is 7.75. The molecule has 1 aromatic rings. The molecule has 1 N–H and O–H groups in total. The van der Waals surface area contributed by atoms with Crippen LogP contribution in [0.2, 0.25) is 5.02 Å². The molecule has 120 valence electrons. The van der Waals surface area contributed by atoms with Crippen LogP contribution in [0.1, 0.15) is 40.5 Å². The summed E-state index contributed by atoms with van der Waals surface area (Å²) in [4.78, 5) is 13.7. The van der Waals surface area contributed by atoms with Crippen molar-refractivity contribution in [2.45, 2.75) is 51.5 Å². The maximum absolute atomic E-state index is 12.8. The van der Waals surface area contributed by atoms with Gasteiger partial charge in [-0.2, -0.15) is 4.31 Å². The zero-order chi connectivity index (χ0) is 16.2. The fourth-order valence-corrected chi connectivity index (χ4v) is 4.39. The Bertz CT molecular complexity index is 621. The Morgan fingerprint density at radius 2 is 1.86 bits per heavy atom. The second kappa shape index (κ2) is 7.42. The normalized spacial score (nSPS) is 12.6. The molecule has 21 heavy (non-hydrogen) atoms. The Kier molecular flexibility index (Phi) is 6.43. The highest BCUT2D eigenvalue weighted by Gasteiger charge is 2.30. The molecule has 0 radical (unpaired) electrons. The summed E-state index contributed by atoms with van der Waals surface area (Å²) >= 11 is 5.75. The molecule has 0 saturated heterocycles. The van der Waals surface area contributed by atoms with E-state index in [1.54, 1.807) is 0 Å². The molecule has 0 aromatic carbocycles. The van der Waals surface area contributed by atoms with Crippen LogP contribution in [0.4, 0.5) is 0 Å². The van der Waals surface area contributed by atoms with Gasteiger partial charge in [-0.1, -0.05) is 39.3 Å². The van der Waals surface area contributed by atoms with Crippen LogP contribution in [0, 0.1) is 5.92 Å². The van der Waals surface area contributed by atoms with Crippen LogP contribution in [-0.4, -0.2) is 30.3 Å². The molecule has 0 spiro atoms. The van der Waals surface area contributed by atoms with Crippen molar-refractivity contribution in [3.63, 3.8) is 0 Å². The third kappa shape index (κ3) is 4.31. The number of aromatic nitrogens is 1. The van der Waals surface area contributed by atoms with E-state index in [1.165, 1.54) is 16.6 Å². The maximum Gasteiger partial charge on any atom is 0.266 e. The average molecular weight is 335 g/mol. The molecule has 0 unspecified atom stereocenters. The first-order valence-corrected chi connectivity index (χ1v) is 8.95. The number of hydrogen-bond acceptors (Lipinski definition) is 3. The number of H-pyrrole nitrogens is 1. The predicted molar refractivity (Wildman–Crippen MR) is 85.2 cm³/mol. The SMILES string of the molecule is CCC(CC)N(CC(C)C)S(=O)(=O)c1c[nH]c(=O)c(Cl)c1. The fourth-order valence-electron chi connectivity index (χ4n) is 2.22. The molecular formula is C14H23ClN2O3S. The molecule has 0 fully saturated rings. The Morgan fingerprint density at radius 3 is 2.29 bits per heavy atom. The van der Waals surface area contributed by atoms with Crippen LogP contribution in [0.3, 0.4) is 0 Å². The standard InChI is InChI=1S/C14H23ClN2O3S/c1-5-11(6-2)17(9-10(3)4)21(19,20)12-7-13(15)14(18)16-8-12/h7-8,10-11H,5-6,9H2,1-4H3,(H,16,18). The topological polar surface area (TPSA) is 70.2 Å². The Hall–Kier alpha value is -0.850. The monoisotopic (exact) mass is 334 g/mol. The molecule has 1 rings (SSSR count). The average Bonchev–Trinajstić information content (AvgIpc) is 2.41. The van der Waals surface area contributed by atoms with Gasteiger partial charge >= 0.3 is 0 Å². The fraction of sp³-hybridized carbons (Fsp3) is 0.643. The van der Waals surface area contributed by atoms with E-state index in [2.05, 4.69) is 4.98 Å². The van der Waals surface area contributed by atoms with Gasteiger partial charge < -0.3 is 4.98 Å². The summed E-state index contributed by atoms with van der Waals surface area (Å²) in [5, 5.41) is -0.120. The second-order valence-electron chi connectivity index (χ2n) is 5.45. The first-order valence-electron chi connectivity index (χ1n) is 7.14. The number of rotatable bonds is 7. The van der Waals surface area contributed by atoms with Gasteiger partial charge in [0.15, 0.2) is 0 Å². The number of halogens is 1. The van der Waals surface area contributed by atoms with E-state index >= 15 is 0 Å². The highest BCUT2D eigenvalue weighted by molar-refractivity contribution is 7.89. The van der Waals surface area contributed by atoms with Crippen molar-refractivity contribution in [1.82, 2.24) is 9.29 Å². The van der Waals surface area contributed by atoms with Crippen molar-refractivity contribution in [2.75, 3.05) is 6.54 Å². The van der Waals surface area contributed by atoms with E-state index in [0.717, 1.165) is 12.8 Å². The minimum atomic E-state index is -3.68. The van der Waals surface area contributed by atoms with Crippen molar-refractivity contribution < 1.29 is 8.42 Å². The largest absolute Gasteiger partial charge is 0.326 e.